The van der Waals surface area contributed by atoms with Crippen molar-refractivity contribution in [1.82, 2.24) is 9.88 Å². The van der Waals surface area contributed by atoms with E-state index in [9.17, 15) is 4.79 Å². The maximum Gasteiger partial charge on any atom is 0.306 e. The van der Waals surface area contributed by atoms with Crippen molar-refractivity contribution in [3.63, 3.8) is 0 Å². The number of carbonyl (C=O) groups is 1. The van der Waals surface area contributed by atoms with Crippen molar-refractivity contribution in [3.05, 3.63) is 16.1 Å². The van der Waals surface area contributed by atoms with Crippen LogP contribution in [0.1, 0.15) is 55.6 Å². The molecule has 2 fully saturated rings. The summed E-state index contributed by atoms with van der Waals surface area (Å²) in [4.78, 5) is 18.7. The SMILES string of the molecule is CCOC(=O)CCc1csc(C2CC3CCC(C2)N3C)n1. The molecular weight excluding hydrogens is 284 g/mol. The number of aryl methyl sites for hydroxylation is 1. The monoisotopic (exact) mass is 308 g/mol. The molecule has 0 aromatic carbocycles. The van der Waals surface area contributed by atoms with Gasteiger partial charge in [0.25, 0.3) is 0 Å². The van der Waals surface area contributed by atoms with Crippen molar-refractivity contribution in [1.29, 1.82) is 0 Å². The molecule has 5 heteroatoms. The number of nitrogens with zero attached hydrogens (tertiary/aromatic N) is 2. The third kappa shape index (κ3) is 3.29. The highest BCUT2D eigenvalue weighted by Crippen LogP contribution is 2.42. The summed E-state index contributed by atoms with van der Waals surface area (Å²) in [6.45, 7) is 2.30. The number of fused-ring (bicyclic) bond motifs is 2. The summed E-state index contributed by atoms with van der Waals surface area (Å²) in [7, 11) is 2.27. The van der Waals surface area contributed by atoms with Crippen molar-refractivity contribution < 1.29 is 9.53 Å². The summed E-state index contributed by atoms with van der Waals surface area (Å²) >= 11 is 1.77. The largest absolute Gasteiger partial charge is 0.466 e. The van der Waals surface area contributed by atoms with Crippen LogP contribution in [0.4, 0.5) is 0 Å². The quantitative estimate of drug-likeness (QED) is 0.784. The van der Waals surface area contributed by atoms with Gasteiger partial charge in [-0.1, -0.05) is 0 Å². The lowest BCUT2D eigenvalue weighted by atomic mass is 9.92. The van der Waals surface area contributed by atoms with Gasteiger partial charge in [0.2, 0.25) is 0 Å². The van der Waals surface area contributed by atoms with E-state index in [0.29, 0.717) is 25.4 Å². The first-order valence-corrected chi connectivity index (χ1v) is 8.87. The van der Waals surface area contributed by atoms with Gasteiger partial charge in [-0.2, -0.15) is 0 Å². The van der Waals surface area contributed by atoms with Gasteiger partial charge in [0.15, 0.2) is 0 Å². The second kappa shape index (κ2) is 6.44. The third-order valence-electron chi connectivity index (χ3n) is 4.91. The lowest BCUT2D eigenvalue weighted by molar-refractivity contribution is -0.143. The predicted molar refractivity (Wildman–Crippen MR) is 83.6 cm³/mol. The van der Waals surface area contributed by atoms with Crippen molar-refractivity contribution >= 4 is 17.3 Å². The Bertz CT molecular complexity index is 488. The van der Waals surface area contributed by atoms with Gasteiger partial charge in [-0.05, 0) is 39.7 Å². The zero-order valence-electron chi connectivity index (χ0n) is 12.9. The Morgan fingerprint density at radius 2 is 2.14 bits per heavy atom. The smallest absolute Gasteiger partial charge is 0.306 e. The molecule has 116 valence electrons. The predicted octanol–water partition coefficient (Wildman–Crippen LogP) is 2.98. The van der Waals surface area contributed by atoms with E-state index >= 15 is 0 Å². The molecule has 1 aromatic rings. The highest BCUT2D eigenvalue weighted by atomic mass is 32.1. The number of rotatable bonds is 5. The summed E-state index contributed by atoms with van der Waals surface area (Å²) in [5.74, 6) is 0.504. The van der Waals surface area contributed by atoms with Gasteiger partial charge >= 0.3 is 5.97 Å². The molecule has 2 saturated heterocycles. The van der Waals surface area contributed by atoms with Crippen LogP contribution in [0.25, 0.3) is 0 Å². The van der Waals surface area contributed by atoms with Crippen molar-refractivity contribution in [3.8, 4) is 0 Å². The minimum Gasteiger partial charge on any atom is -0.466 e. The molecule has 2 bridgehead atoms. The molecule has 2 unspecified atom stereocenters. The summed E-state index contributed by atoms with van der Waals surface area (Å²) in [6, 6.07) is 1.50. The Kier molecular flexibility index (Phi) is 4.60. The first-order chi connectivity index (χ1) is 10.2. The molecule has 21 heavy (non-hydrogen) atoms. The van der Waals surface area contributed by atoms with Gasteiger partial charge in [-0.25, -0.2) is 4.98 Å². The summed E-state index contributed by atoms with van der Waals surface area (Å²) in [5, 5.41) is 3.40. The first kappa shape index (κ1) is 15.0. The minimum atomic E-state index is -0.121. The molecule has 2 atom stereocenters. The normalized spacial score (nSPS) is 28.8. The van der Waals surface area contributed by atoms with Crippen LogP contribution in [0.2, 0.25) is 0 Å². The van der Waals surface area contributed by atoms with Crippen LogP contribution in [-0.2, 0) is 16.0 Å². The van der Waals surface area contributed by atoms with E-state index in [4.69, 9.17) is 9.72 Å². The number of thiazole rings is 1. The Balaban J connectivity index is 1.57. The van der Waals surface area contributed by atoms with Crippen LogP contribution >= 0.6 is 11.3 Å². The topological polar surface area (TPSA) is 42.4 Å². The van der Waals surface area contributed by atoms with Crippen LogP contribution < -0.4 is 0 Å². The van der Waals surface area contributed by atoms with E-state index in [1.807, 2.05) is 6.92 Å². The fraction of sp³-hybridized carbons (Fsp3) is 0.750. The highest BCUT2D eigenvalue weighted by Gasteiger charge is 2.39. The van der Waals surface area contributed by atoms with Gasteiger partial charge in [-0.3, -0.25) is 4.79 Å². The molecule has 0 amide bonds. The van der Waals surface area contributed by atoms with E-state index in [0.717, 1.165) is 17.8 Å². The van der Waals surface area contributed by atoms with Gasteiger partial charge in [0, 0.05) is 29.8 Å². The third-order valence-corrected chi connectivity index (χ3v) is 5.96. The van der Waals surface area contributed by atoms with Crippen LogP contribution in [0.15, 0.2) is 5.38 Å². The second-order valence-electron chi connectivity index (χ2n) is 6.20. The van der Waals surface area contributed by atoms with Gasteiger partial charge in [-0.15, -0.1) is 11.3 Å². The molecule has 0 N–H and O–H groups in total. The van der Waals surface area contributed by atoms with Crippen molar-refractivity contribution in [2.45, 2.75) is 63.5 Å². The molecule has 0 saturated carbocycles. The first-order valence-electron chi connectivity index (χ1n) is 7.99. The number of hydrogen-bond acceptors (Lipinski definition) is 5. The molecule has 4 nitrogen and oxygen atoms in total. The Morgan fingerprint density at radius 1 is 1.43 bits per heavy atom. The number of hydrogen-bond donors (Lipinski definition) is 0. The van der Waals surface area contributed by atoms with E-state index in [1.54, 1.807) is 11.3 Å². The second-order valence-corrected chi connectivity index (χ2v) is 7.09. The van der Waals surface area contributed by atoms with E-state index in [1.165, 1.54) is 30.7 Å². The molecule has 0 spiro atoms. The van der Waals surface area contributed by atoms with Crippen LogP contribution in [0, 0.1) is 0 Å². The maximum absolute atomic E-state index is 11.4. The summed E-state index contributed by atoms with van der Waals surface area (Å²) in [6.07, 6.45) is 6.33. The maximum atomic E-state index is 11.4. The Labute approximate surface area is 130 Å². The lowest BCUT2D eigenvalue weighted by Gasteiger charge is -2.35. The number of esters is 1. The zero-order chi connectivity index (χ0) is 14.8. The summed E-state index contributed by atoms with van der Waals surface area (Å²) in [5.41, 5.74) is 1.05. The van der Waals surface area contributed by atoms with Crippen LogP contribution in [0.3, 0.4) is 0 Å². The molecule has 3 heterocycles. The molecule has 0 aliphatic carbocycles. The summed E-state index contributed by atoms with van der Waals surface area (Å²) < 4.78 is 4.97. The minimum absolute atomic E-state index is 0.121. The van der Waals surface area contributed by atoms with Gasteiger partial charge < -0.3 is 9.64 Å². The average Bonchev–Trinajstić information content (AvgIpc) is 2.99. The molecule has 3 rings (SSSR count). The average molecular weight is 308 g/mol. The highest BCUT2D eigenvalue weighted by molar-refractivity contribution is 7.09. The van der Waals surface area contributed by atoms with Crippen molar-refractivity contribution in [2.24, 2.45) is 0 Å². The van der Waals surface area contributed by atoms with E-state index < -0.39 is 0 Å². The lowest BCUT2D eigenvalue weighted by Crippen LogP contribution is -2.39. The Hall–Kier alpha value is -0.940. The zero-order valence-corrected chi connectivity index (χ0v) is 13.7. The Morgan fingerprint density at radius 3 is 2.81 bits per heavy atom. The molecule has 2 aliphatic rings. The van der Waals surface area contributed by atoms with E-state index in [-0.39, 0.29) is 5.97 Å². The van der Waals surface area contributed by atoms with Crippen LogP contribution in [0.5, 0.6) is 0 Å². The molecular formula is C16H24N2O2S. The number of piperidine rings is 1. The number of ether oxygens (including phenoxy) is 1. The number of carbonyl (C=O) groups excluding carboxylic acids is 1. The van der Waals surface area contributed by atoms with E-state index in [2.05, 4.69) is 17.3 Å². The molecule has 1 aromatic heterocycles. The molecule has 2 aliphatic heterocycles. The van der Waals surface area contributed by atoms with Crippen molar-refractivity contribution in [2.75, 3.05) is 13.7 Å². The fourth-order valence-corrected chi connectivity index (χ4v) is 4.68. The van der Waals surface area contributed by atoms with Gasteiger partial charge in [0.05, 0.1) is 23.7 Å². The van der Waals surface area contributed by atoms with Gasteiger partial charge in [0.1, 0.15) is 0 Å². The fourth-order valence-electron chi connectivity index (χ4n) is 3.70. The molecule has 0 radical (unpaired) electrons. The standard InChI is InChI=1S/C16H24N2O2S/c1-3-20-15(19)7-4-12-10-21-16(17-12)11-8-13-5-6-14(9-11)18(13)2/h10-11,13-14H,3-9H2,1-2H3. The number of aromatic nitrogens is 1. The van der Waals surface area contributed by atoms with Crippen LogP contribution in [-0.4, -0.2) is 41.6 Å².